The number of hydrogen-bond donors (Lipinski definition) is 10. The van der Waals surface area contributed by atoms with E-state index in [1.807, 2.05) is 6.07 Å². The Kier molecular flexibility index (Phi) is 32.9. The molecule has 3 atom stereocenters. The lowest BCUT2D eigenvalue weighted by Crippen LogP contribution is -2.55. The topological polar surface area (TPSA) is 293 Å². The van der Waals surface area contributed by atoms with Gasteiger partial charge in [0.2, 0.25) is 5.91 Å². The fourth-order valence-corrected chi connectivity index (χ4v) is 7.68. The molecule has 2 aliphatic carbocycles. The average Bonchev–Trinajstić information content (AvgIpc) is 3.27. The number of aryl methyl sites for hydroxylation is 1. The number of carbonyl (C=O) groups excluding carboxylic acids is 2. The highest BCUT2D eigenvalue weighted by Crippen LogP contribution is 2.57. The van der Waals surface area contributed by atoms with Crippen LogP contribution in [0.15, 0.2) is 18.2 Å². The van der Waals surface area contributed by atoms with E-state index in [0.717, 1.165) is 103 Å². The number of carbonyl (C=O) groups is 6. The number of nitrogens with one attached hydrogen (secondary N) is 4. The molecule has 1 aromatic rings. The second-order valence-corrected chi connectivity index (χ2v) is 17.0. The molecule has 0 aliphatic heterocycles. The van der Waals surface area contributed by atoms with Crippen LogP contribution < -0.4 is 37.5 Å². The van der Waals surface area contributed by atoms with Gasteiger partial charge in [-0.05, 0) is 138 Å². The van der Waals surface area contributed by atoms with E-state index >= 15 is 0 Å². The Morgan fingerprint density at radius 1 is 0.575 bits per heavy atom. The van der Waals surface area contributed by atoms with Gasteiger partial charge >= 0.3 is 54.7 Å². The molecule has 0 radical (unpaired) electrons. The summed E-state index contributed by atoms with van der Waals surface area (Å²) >= 11 is 0. The summed E-state index contributed by atoms with van der Waals surface area (Å²) in [6.07, 6.45) is -4.68. The Morgan fingerprint density at radius 3 is 1.36 bits per heavy atom. The lowest BCUT2D eigenvalue weighted by molar-refractivity contribution is -0.193. The van der Waals surface area contributed by atoms with Gasteiger partial charge in [0.1, 0.15) is 5.75 Å². The molecule has 0 saturated heterocycles. The maximum absolute atomic E-state index is 13.7. The second kappa shape index (κ2) is 34.4. The molecule has 0 spiro atoms. The van der Waals surface area contributed by atoms with Crippen LogP contribution in [-0.2, 0) is 35.8 Å². The zero-order valence-electron chi connectivity index (χ0n) is 40.4. The number of alkyl halides is 12. The molecule has 12 N–H and O–H groups in total. The number of fused-ring (bicyclic) bond motifs is 3. The minimum absolute atomic E-state index is 0.130. The summed E-state index contributed by atoms with van der Waals surface area (Å²) in [6.45, 7) is 11.1. The van der Waals surface area contributed by atoms with E-state index < -0.39 is 60.1 Å². The van der Waals surface area contributed by atoms with Crippen LogP contribution in [-0.4, -0.2) is 133 Å². The Labute approximate surface area is 413 Å². The van der Waals surface area contributed by atoms with Gasteiger partial charge in [-0.15, -0.1) is 0 Å². The fourth-order valence-electron chi connectivity index (χ4n) is 7.68. The van der Waals surface area contributed by atoms with Gasteiger partial charge < -0.3 is 57.9 Å². The molecular weight excluding hydrogens is 1020 g/mol. The fraction of sp³-hybridized carbons (Fsp3) is 0.727. The van der Waals surface area contributed by atoms with E-state index in [1.54, 1.807) is 0 Å². The predicted molar refractivity (Wildman–Crippen MR) is 239 cm³/mol. The number of nitrogens with two attached hydrogens (primary N) is 2. The first-order valence-corrected chi connectivity index (χ1v) is 23.0. The molecule has 2 aliphatic rings. The first kappa shape index (κ1) is 69.9. The number of amides is 2. The van der Waals surface area contributed by atoms with Crippen LogP contribution in [0.25, 0.3) is 0 Å². The van der Waals surface area contributed by atoms with E-state index in [9.17, 15) is 62.3 Å². The number of ether oxygens (including phenoxy) is 1. The number of unbranched alkanes of at least 4 members (excludes halogenated alkanes) is 6. The Balaban J connectivity index is 0. The molecule has 2 amide bonds. The highest BCUT2D eigenvalue weighted by atomic mass is 19.4. The number of hydrogen-bond acceptors (Lipinski definition) is 11. The Bertz CT molecular complexity index is 1730. The van der Waals surface area contributed by atoms with Crippen molar-refractivity contribution in [3.05, 3.63) is 29.3 Å². The molecule has 3 rings (SSSR count). The number of aliphatic carboxylic acids is 4. The summed E-state index contributed by atoms with van der Waals surface area (Å²) in [7, 11) is 0. The van der Waals surface area contributed by atoms with E-state index in [0.29, 0.717) is 18.8 Å². The number of rotatable bonds is 22. The molecule has 17 nitrogen and oxygen atoms in total. The van der Waals surface area contributed by atoms with Gasteiger partial charge in [0.25, 0.3) is 0 Å². The average molecular weight is 1090 g/mol. The molecule has 0 aromatic heterocycles. The monoisotopic (exact) mass is 1080 g/mol. The first-order valence-electron chi connectivity index (χ1n) is 23.0. The van der Waals surface area contributed by atoms with Crippen LogP contribution >= 0.6 is 0 Å². The lowest BCUT2D eigenvalue weighted by Gasteiger charge is -2.54. The number of halogens is 12. The SMILES string of the molecule is C[C@]1(C(=O)NCCCNCCCCCCN)CCC[C@]2(C)c3cc(OC(=O)NCCCNCCCCCCN)ccc3CC[C@@H]12.O=C(O)C(F)(F)F.O=C(O)C(F)(F)F.O=C(O)C(F)(F)F.O=C(O)C(F)(F)F. The van der Waals surface area contributed by atoms with E-state index in [4.69, 9.17) is 55.8 Å². The van der Waals surface area contributed by atoms with Crippen molar-refractivity contribution in [3.63, 3.8) is 0 Å². The minimum Gasteiger partial charge on any atom is -0.475 e. The highest BCUT2D eigenvalue weighted by molar-refractivity contribution is 5.83. The third kappa shape index (κ3) is 30.0. The minimum atomic E-state index is -5.08. The van der Waals surface area contributed by atoms with Gasteiger partial charge in [-0.2, -0.15) is 52.7 Å². The molecule has 0 bridgehead atoms. The van der Waals surface area contributed by atoms with Gasteiger partial charge in [0.15, 0.2) is 0 Å². The largest absolute Gasteiger partial charge is 0.490 e. The number of carboxylic acid groups (broad SMARTS) is 4. The van der Waals surface area contributed by atoms with Gasteiger partial charge in [-0.1, -0.05) is 52.0 Å². The van der Waals surface area contributed by atoms with Crippen LogP contribution in [0.1, 0.15) is 115 Å². The smallest absolute Gasteiger partial charge is 0.475 e. The molecular formula is C44H68F12N6O11. The Hall–Kier alpha value is -5.16. The maximum Gasteiger partial charge on any atom is 0.490 e. The molecule has 73 heavy (non-hydrogen) atoms. The zero-order chi connectivity index (χ0) is 56.7. The van der Waals surface area contributed by atoms with Crippen LogP contribution in [0.3, 0.4) is 0 Å². The second-order valence-electron chi connectivity index (χ2n) is 17.0. The van der Waals surface area contributed by atoms with Crippen LogP contribution in [0, 0.1) is 11.3 Å². The first-order chi connectivity index (χ1) is 33.6. The van der Waals surface area contributed by atoms with Crippen molar-refractivity contribution in [2.24, 2.45) is 22.8 Å². The highest BCUT2D eigenvalue weighted by Gasteiger charge is 2.55. The van der Waals surface area contributed by atoms with Gasteiger partial charge in [-0.25, -0.2) is 24.0 Å². The maximum atomic E-state index is 13.7. The van der Waals surface area contributed by atoms with Gasteiger partial charge in [0, 0.05) is 13.1 Å². The summed E-state index contributed by atoms with van der Waals surface area (Å²) in [4.78, 5) is 61.9. The van der Waals surface area contributed by atoms with Crippen molar-refractivity contribution < 1.29 is 107 Å². The molecule has 29 heteroatoms. The van der Waals surface area contributed by atoms with Crippen LogP contribution in [0.4, 0.5) is 57.5 Å². The lowest BCUT2D eigenvalue weighted by atomic mass is 9.49. The van der Waals surface area contributed by atoms with Crippen molar-refractivity contribution in [2.75, 3.05) is 52.4 Å². The summed E-state index contributed by atoms with van der Waals surface area (Å²) < 4.78 is 133. The summed E-state index contributed by atoms with van der Waals surface area (Å²) in [5.74, 6) is -10.0. The zero-order valence-corrected chi connectivity index (χ0v) is 40.4. The van der Waals surface area contributed by atoms with Crippen molar-refractivity contribution in [1.29, 1.82) is 0 Å². The molecule has 0 heterocycles. The van der Waals surface area contributed by atoms with Crippen LogP contribution in [0.2, 0.25) is 0 Å². The third-order valence-electron chi connectivity index (χ3n) is 11.3. The van der Waals surface area contributed by atoms with Crippen molar-refractivity contribution >= 4 is 35.9 Å². The number of benzene rings is 1. The molecule has 0 unspecified atom stereocenters. The molecule has 1 saturated carbocycles. The predicted octanol–water partition coefficient (Wildman–Crippen LogP) is 7.43. The van der Waals surface area contributed by atoms with Crippen LogP contribution in [0.5, 0.6) is 5.75 Å². The standard InChI is InChI=1S/C36H64N6O3.4C2HF3O2/c1-35-18-11-19-36(2,33(43)41-26-12-24-39-22-9-5-3-7-20-37)32(35)17-15-29-14-16-30(28-31(29)35)45-34(44)42-27-13-25-40-23-10-6-4-8-21-38;4*3-2(4,5)1(6)7/h14,16,28,32,39-40H,3-13,15,17-27,37-38H2,1-2H3,(H,41,43)(H,42,44);4*(H,6,7)/t32-,35-,36+;;;;/m1..../s1. The van der Waals surface area contributed by atoms with E-state index in [-0.39, 0.29) is 17.2 Å². The normalized spacial score (nSPS) is 18.1. The molecule has 1 fully saturated rings. The van der Waals surface area contributed by atoms with Crippen molar-refractivity contribution in [1.82, 2.24) is 21.3 Å². The van der Waals surface area contributed by atoms with Gasteiger partial charge in [-0.3, -0.25) is 4.79 Å². The summed E-state index contributed by atoms with van der Waals surface area (Å²) in [5, 5.41) is 41.6. The molecule has 424 valence electrons. The van der Waals surface area contributed by atoms with E-state index in [2.05, 4.69) is 47.2 Å². The summed E-state index contributed by atoms with van der Waals surface area (Å²) in [6, 6.07) is 6.10. The van der Waals surface area contributed by atoms with Crippen molar-refractivity contribution in [2.45, 2.75) is 140 Å². The summed E-state index contributed by atoms with van der Waals surface area (Å²) in [5.41, 5.74) is 13.1. The van der Waals surface area contributed by atoms with Crippen molar-refractivity contribution in [3.8, 4) is 5.75 Å². The molecule has 1 aromatic carbocycles. The quantitative estimate of drug-likeness (QED) is 0.0399. The number of carboxylic acids is 4. The Morgan fingerprint density at radius 2 is 0.959 bits per heavy atom. The van der Waals surface area contributed by atoms with Gasteiger partial charge in [0.05, 0.1) is 5.41 Å². The third-order valence-corrected chi connectivity index (χ3v) is 11.3. The van der Waals surface area contributed by atoms with E-state index in [1.165, 1.54) is 43.2 Å².